The number of nitro benzene ring substituents is 1. The number of benzene rings is 1. The van der Waals surface area contributed by atoms with Crippen LogP contribution in [0.4, 0.5) is 5.69 Å². The molecule has 0 aliphatic heterocycles. The van der Waals surface area contributed by atoms with E-state index in [1.54, 1.807) is 0 Å². The van der Waals surface area contributed by atoms with Gasteiger partial charge in [0.25, 0.3) is 5.69 Å². The zero-order valence-electron chi connectivity index (χ0n) is 9.09. The molecule has 2 rings (SSSR count). The molecule has 7 nitrogen and oxygen atoms in total. The van der Waals surface area contributed by atoms with Gasteiger partial charge in [0.1, 0.15) is 0 Å². The molecule has 0 aliphatic rings. The summed E-state index contributed by atoms with van der Waals surface area (Å²) in [6.45, 7) is 1.28. The zero-order valence-corrected chi connectivity index (χ0v) is 9.09. The lowest BCUT2D eigenvalue weighted by Crippen LogP contribution is -2.09. The van der Waals surface area contributed by atoms with Gasteiger partial charge in [-0.3, -0.25) is 19.5 Å². The van der Waals surface area contributed by atoms with E-state index in [4.69, 9.17) is 4.42 Å². The minimum atomic E-state index is -0.705. The van der Waals surface area contributed by atoms with Gasteiger partial charge in [-0.2, -0.15) is 0 Å². The highest BCUT2D eigenvalue weighted by Gasteiger charge is 2.21. The number of aromatic nitrogens is 1. The number of carbonyl (C=O) groups excluding carboxylic acids is 1. The Labute approximate surface area is 94.4 Å². The van der Waals surface area contributed by atoms with Crippen molar-refractivity contribution in [2.24, 2.45) is 7.05 Å². The van der Waals surface area contributed by atoms with Crippen LogP contribution in [0.3, 0.4) is 0 Å². The number of nitrogens with zero attached hydrogens (tertiary/aromatic N) is 2. The number of hydrogen-bond acceptors (Lipinski definition) is 5. The molecule has 88 valence electrons. The fraction of sp³-hybridized carbons (Fsp3) is 0.200. The standard InChI is InChI=1S/C10H8N2O5/c1-5(13)6-3-7(12(15)16)9-8(4-6)17-10(14)11(9)2/h3-4H,1-2H3. The molecule has 2 aromatic rings. The molecule has 0 bridgehead atoms. The first-order valence-corrected chi connectivity index (χ1v) is 4.70. The van der Waals surface area contributed by atoms with Gasteiger partial charge < -0.3 is 4.42 Å². The van der Waals surface area contributed by atoms with E-state index in [2.05, 4.69) is 0 Å². The first-order valence-electron chi connectivity index (χ1n) is 4.70. The Morgan fingerprint density at radius 3 is 2.65 bits per heavy atom. The second-order valence-electron chi connectivity index (χ2n) is 3.58. The topological polar surface area (TPSA) is 95.3 Å². The van der Waals surface area contributed by atoms with Crippen LogP contribution >= 0.6 is 0 Å². The van der Waals surface area contributed by atoms with Gasteiger partial charge in [0.2, 0.25) is 0 Å². The molecule has 0 atom stereocenters. The molecule has 0 spiro atoms. The minimum Gasteiger partial charge on any atom is -0.407 e. The Bertz CT molecular complexity index is 695. The summed E-state index contributed by atoms with van der Waals surface area (Å²) >= 11 is 0. The smallest absolute Gasteiger partial charge is 0.407 e. The molecule has 1 aromatic heterocycles. The molecule has 0 N–H and O–H groups in total. The Morgan fingerprint density at radius 2 is 2.12 bits per heavy atom. The van der Waals surface area contributed by atoms with Crippen LogP contribution in [0.25, 0.3) is 11.1 Å². The van der Waals surface area contributed by atoms with Crippen LogP contribution in [0.2, 0.25) is 0 Å². The molecule has 17 heavy (non-hydrogen) atoms. The maximum atomic E-state index is 11.3. The van der Waals surface area contributed by atoms with E-state index in [1.807, 2.05) is 0 Å². The number of non-ortho nitro benzene ring substituents is 1. The van der Waals surface area contributed by atoms with Gasteiger partial charge in [0, 0.05) is 18.7 Å². The number of fused-ring (bicyclic) bond motifs is 1. The van der Waals surface area contributed by atoms with E-state index < -0.39 is 10.7 Å². The number of nitro groups is 1. The molecule has 1 heterocycles. The predicted molar refractivity (Wildman–Crippen MR) is 58.1 cm³/mol. The lowest BCUT2D eigenvalue weighted by atomic mass is 10.1. The zero-order chi connectivity index (χ0) is 12.7. The number of rotatable bonds is 2. The summed E-state index contributed by atoms with van der Waals surface area (Å²) in [7, 11) is 1.37. The third kappa shape index (κ3) is 1.61. The molecule has 0 fully saturated rings. The van der Waals surface area contributed by atoms with Crippen molar-refractivity contribution in [3.8, 4) is 0 Å². The first kappa shape index (κ1) is 11.1. The molecule has 0 saturated heterocycles. The van der Waals surface area contributed by atoms with Crippen LogP contribution in [0, 0.1) is 10.1 Å². The molecule has 0 unspecified atom stereocenters. The summed E-state index contributed by atoms with van der Waals surface area (Å²) in [5.41, 5.74) is -0.0681. The van der Waals surface area contributed by atoms with Crippen molar-refractivity contribution in [1.29, 1.82) is 0 Å². The molecule has 1 aromatic carbocycles. The van der Waals surface area contributed by atoms with Gasteiger partial charge in [0.15, 0.2) is 16.9 Å². The van der Waals surface area contributed by atoms with Gasteiger partial charge in [0.05, 0.1) is 4.92 Å². The van der Waals surface area contributed by atoms with E-state index in [9.17, 15) is 19.7 Å². The van der Waals surface area contributed by atoms with Gasteiger partial charge in [-0.05, 0) is 13.0 Å². The Balaban J connectivity index is 2.96. The van der Waals surface area contributed by atoms with Crippen molar-refractivity contribution >= 4 is 22.6 Å². The number of hydrogen-bond donors (Lipinski definition) is 0. The monoisotopic (exact) mass is 236 g/mol. The molecule has 0 radical (unpaired) electrons. The highest BCUT2D eigenvalue weighted by Crippen LogP contribution is 2.26. The lowest BCUT2D eigenvalue weighted by molar-refractivity contribution is -0.383. The first-order chi connectivity index (χ1) is 7.91. The summed E-state index contributed by atoms with van der Waals surface area (Å²) in [5, 5.41) is 10.9. The molecular weight excluding hydrogens is 228 g/mol. The van der Waals surface area contributed by atoms with Crippen LogP contribution in [0.1, 0.15) is 17.3 Å². The quantitative estimate of drug-likeness (QED) is 0.444. The van der Waals surface area contributed by atoms with Crippen LogP contribution < -0.4 is 5.76 Å². The van der Waals surface area contributed by atoms with Gasteiger partial charge in [-0.1, -0.05) is 0 Å². The predicted octanol–water partition coefficient (Wildman–Crippen LogP) is 1.24. The average molecular weight is 236 g/mol. The molecule has 7 heteroatoms. The molecule has 0 saturated carbocycles. The number of oxazole rings is 1. The maximum Gasteiger partial charge on any atom is 0.419 e. The Hall–Kier alpha value is -2.44. The molecule has 0 amide bonds. The largest absolute Gasteiger partial charge is 0.419 e. The van der Waals surface area contributed by atoms with Crippen molar-refractivity contribution in [2.45, 2.75) is 6.92 Å². The second kappa shape index (κ2) is 3.55. The van der Waals surface area contributed by atoms with E-state index in [0.29, 0.717) is 0 Å². The minimum absolute atomic E-state index is 0.0388. The highest BCUT2D eigenvalue weighted by molar-refractivity contribution is 5.99. The van der Waals surface area contributed by atoms with Crippen molar-refractivity contribution in [1.82, 2.24) is 4.57 Å². The third-order valence-corrected chi connectivity index (χ3v) is 2.46. The van der Waals surface area contributed by atoms with Crippen LogP contribution in [0.5, 0.6) is 0 Å². The number of aryl methyl sites for hydroxylation is 1. The molecular formula is C10H8N2O5. The summed E-state index contributed by atoms with van der Waals surface area (Å²) < 4.78 is 5.87. The summed E-state index contributed by atoms with van der Waals surface area (Å²) in [6, 6.07) is 2.46. The van der Waals surface area contributed by atoms with E-state index in [0.717, 1.165) is 10.6 Å². The van der Waals surface area contributed by atoms with Crippen LogP contribution in [-0.2, 0) is 7.05 Å². The summed E-state index contributed by atoms with van der Waals surface area (Å²) in [5.74, 6) is -1.04. The van der Waals surface area contributed by atoms with E-state index in [-0.39, 0.29) is 28.1 Å². The van der Waals surface area contributed by atoms with E-state index in [1.165, 1.54) is 20.0 Å². The summed E-state index contributed by atoms with van der Waals surface area (Å²) in [4.78, 5) is 32.7. The SMILES string of the molecule is CC(=O)c1cc([N+](=O)[O-])c2c(c1)oc(=O)n2C. The van der Waals surface area contributed by atoms with Crippen molar-refractivity contribution < 1.29 is 14.1 Å². The van der Waals surface area contributed by atoms with Crippen molar-refractivity contribution in [3.63, 3.8) is 0 Å². The highest BCUT2D eigenvalue weighted by atomic mass is 16.6. The number of Topliss-reactive ketones (excluding diaryl/α,β-unsaturated/α-hetero) is 1. The lowest BCUT2D eigenvalue weighted by Gasteiger charge is -1.98. The Morgan fingerprint density at radius 1 is 1.47 bits per heavy atom. The van der Waals surface area contributed by atoms with Gasteiger partial charge >= 0.3 is 5.76 Å². The fourth-order valence-electron chi connectivity index (χ4n) is 1.60. The summed E-state index contributed by atoms with van der Waals surface area (Å²) in [6.07, 6.45) is 0. The average Bonchev–Trinajstić information content (AvgIpc) is 2.53. The van der Waals surface area contributed by atoms with Crippen molar-refractivity contribution in [3.05, 3.63) is 38.4 Å². The number of ketones is 1. The number of carbonyl (C=O) groups is 1. The Kier molecular flexibility index (Phi) is 2.31. The third-order valence-electron chi connectivity index (χ3n) is 2.46. The molecule has 0 aliphatic carbocycles. The fourth-order valence-corrected chi connectivity index (χ4v) is 1.60. The van der Waals surface area contributed by atoms with E-state index >= 15 is 0 Å². The van der Waals surface area contributed by atoms with Crippen molar-refractivity contribution in [2.75, 3.05) is 0 Å². The van der Waals surface area contributed by atoms with Crippen LogP contribution in [0.15, 0.2) is 21.3 Å². The van der Waals surface area contributed by atoms with Gasteiger partial charge in [-0.15, -0.1) is 0 Å². The van der Waals surface area contributed by atoms with Crippen LogP contribution in [-0.4, -0.2) is 15.3 Å². The maximum absolute atomic E-state index is 11.3. The normalized spacial score (nSPS) is 10.7. The van der Waals surface area contributed by atoms with Gasteiger partial charge in [-0.25, -0.2) is 4.79 Å². The second-order valence-corrected chi connectivity index (χ2v) is 3.58.